The molecular formula is C32H47BFN3O5. The monoisotopic (exact) mass is 583 g/mol. The number of fused-ring (bicyclic) bond motifs is 2. The number of benzene rings is 1. The molecule has 4 heterocycles. The summed E-state index contributed by atoms with van der Waals surface area (Å²) in [5.41, 5.74) is 0.686. The van der Waals surface area contributed by atoms with E-state index in [-0.39, 0.29) is 18.0 Å². The number of amides is 2. The van der Waals surface area contributed by atoms with Crippen LogP contribution < -0.4 is 10.4 Å². The van der Waals surface area contributed by atoms with Crippen LogP contribution in [0.3, 0.4) is 0 Å². The van der Waals surface area contributed by atoms with Crippen molar-refractivity contribution in [2.45, 2.75) is 127 Å². The van der Waals surface area contributed by atoms with Gasteiger partial charge in [0.15, 0.2) is 0 Å². The first kappa shape index (κ1) is 29.9. The van der Waals surface area contributed by atoms with Gasteiger partial charge in [-0.15, -0.1) is 0 Å². The maximum atomic E-state index is 14.5. The zero-order valence-electron chi connectivity index (χ0n) is 26.4. The average Bonchev–Trinajstić information content (AvgIpc) is 3.23. The van der Waals surface area contributed by atoms with Gasteiger partial charge in [0.05, 0.1) is 16.6 Å². The molecule has 6 rings (SSSR count). The van der Waals surface area contributed by atoms with Crippen LogP contribution in [0.4, 0.5) is 14.9 Å². The molecular weight excluding hydrogens is 536 g/mol. The second kappa shape index (κ2) is 10.2. The minimum absolute atomic E-state index is 0.0676. The molecule has 10 heteroatoms. The zero-order chi connectivity index (χ0) is 30.2. The summed E-state index contributed by atoms with van der Waals surface area (Å²) in [5, 5.41) is 0. The number of hydrogen-bond donors (Lipinski definition) is 0. The van der Waals surface area contributed by atoms with E-state index in [2.05, 4.69) is 17.0 Å². The maximum absolute atomic E-state index is 14.5. The number of alkyl halides is 1. The second-order valence-electron chi connectivity index (χ2n) is 15.1. The van der Waals surface area contributed by atoms with Gasteiger partial charge in [-0.05, 0) is 111 Å². The van der Waals surface area contributed by atoms with E-state index in [0.717, 1.165) is 42.5 Å². The summed E-state index contributed by atoms with van der Waals surface area (Å²) in [4.78, 5) is 33.4. The van der Waals surface area contributed by atoms with Crippen LogP contribution in [-0.4, -0.2) is 90.2 Å². The van der Waals surface area contributed by atoms with Crippen LogP contribution in [0.5, 0.6) is 0 Å². The summed E-state index contributed by atoms with van der Waals surface area (Å²) in [6.07, 6.45) is 3.25. The number of carbonyl (C=O) groups excluding carboxylic acids is 2. The van der Waals surface area contributed by atoms with Gasteiger partial charge >= 0.3 is 13.2 Å². The number of nitrogens with zero attached hydrogens (tertiary/aromatic N) is 3. The molecule has 230 valence electrons. The Morgan fingerprint density at radius 1 is 1.02 bits per heavy atom. The molecule has 0 N–H and O–H groups in total. The molecule has 8 nitrogen and oxygen atoms in total. The van der Waals surface area contributed by atoms with E-state index in [1.807, 2.05) is 59.4 Å². The SMILES string of the molecule is CC(C)(C)OC(=O)N1CCC2(CC1)C(=O)N([C@H]1C[C@@H](N3CCC[C@@H](F)C3)C1)c1cc(B3OC(C)(C)C(C)(C)O3)ccc12. The number of piperidine rings is 2. The highest BCUT2D eigenvalue weighted by Gasteiger charge is 2.57. The van der Waals surface area contributed by atoms with Crippen molar-refractivity contribution in [3.63, 3.8) is 0 Å². The molecule has 1 saturated carbocycles. The van der Waals surface area contributed by atoms with Crippen molar-refractivity contribution >= 4 is 30.3 Å². The van der Waals surface area contributed by atoms with E-state index in [1.54, 1.807) is 4.90 Å². The van der Waals surface area contributed by atoms with Gasteiger partial charge in [0, 0.05) is 37.4 Å². The van der Waals surface area contributed by atoms with Crippen molar-refractivity contribution in [3.05, 3.63) is 23.8 Å². The minimum atomic E-state index is -0.757. The van der Waals surface area contributed by atoms with E-state index in [9.17, 15) is 14.0 Å². The largest absolute Gasteiger partial charge is 0.494 e. The molecule has 0 unspecified atom stereocenters. The van der Waals surface area contributed by atoms with Crippen molar-refractivity contribution in [3.8, 4) is 0 Å². The van der Waals surface area contributed by atoms with Crippen LogP contribution >= 0.6 is 0 Å². The van der Waals surface area contributed by atoms with Crippen LogP contribution in [0.2, 0.25) is 0 Å². The molecule has 0 aromatic heterocycles. The third-order valence-corrected chi connectivity index (χ3v) is 10.6. The fraction of sp³-hybridized carbons (Fsp3) is 0.750. The van der Waals surface area contributed by atoms with Gasteiger partial charge in [0.1, 0.15) is 11.8 Å². The lowest BCUT2D eigenvalue weighted by molar-refractivity contribution is -0.126. The Morgan fingerprint density at radius 2 is 1.67 bits per heavy atom. The summed E-state index contributed by atoms with van der Waals surface area (Å²) >= 11 is 0. The Kier molecular flexibility index (Phi) is 7.26. The van der Waals surface area contributed by atoms with Gasteiger partial charge in [-0.2, -0.15) is 0 Å². The van der Waals surface area contributed by atoms with E-state index < -0.39 is 35.5 Å². The Hall–Kier alpha value is -2.17. The molecule has 1 aliphatic carbocycles. The summed E-state index contributed by atoms with van der Waals surface area (Å²) in [7, 11) is -0.521. The first-order valence-corrected chi connectivity index (χ1v) is 15.8. The van der Waals surface area contributed by atoms with Crippen LogP contribution in [0.15, 0.2) is 18.2 Å². The average molecular weight is 584 g/mol. The number of hydrogen-bond acceptors (Lipinski definition) is 6. The van der Waals surface area contributed by atoms with E-state index in [1.165, 1.54) is 0 Å². The van der Waals surface area contributed by atoms with Gasteiger partial charge in [-0.25, -0.2) is 9.18 Å². The highest BCUT2D eigenvalue weighted by molar-refractivity contribution is 6.62. The molecule has 1 aromatic rings. The molecule has 4 aliphatic heterocycles. The fourth-order valence-electron chi connectivity index (χ4n) is 7.33. The zero-order valence-corrected chi connectivity index (χ0v) is 26.4. The fourth-order valence-corrected chi connectivity index (χ4v) is 7.33. The summed E-state index contributed by atoms with van der Waals surface area (Å²) in [5.74, 6) is 0.123. The maximum Gasteiger partial charge on any atom is 0.494 e. The van der Waals surface area contributed by atoms with Crippen LogP contribution in [-0.2, 0) is 24.3 Å². The van der Waals surface area contributed by atoms with Crippen molar-refractivity contribution in [2.75, 3.05) is 31.1 Å². The van der Waals surface area contributed by atoms with Crippen molar-refractivity contribution < 1.29 is 28.0 Å². The van der Waals surface area contributed by atoms with E-state index in [0.29, 0.717) is 44.9 Å². The number of carbonyl (C=O) groups is 2. The molecule has 1 spiro atoms. The Morgan fingerprint density at radius 3 is 2.26 bits per heavy atom. The first-order valence-electron chi connectivity index (χ1n) is 15.8. The van der Waals surface area contributed by atoms with Gasteiger partial charge in [-0.1, -0.05) is 12.1 Å². The molecule has 42 heavy (non-hydrogen) atoms. The number of likely N-dealkylation sites (tertiary alicyclic amines) is 2. The number of rotatable bonds is 3. The molecule has 1 aromatic carbocycles. The normalized spacial score (nSPS) is 30.4. The van der Waals surface area contributed by atoms with Crippen molar-refractivity contribution in [2.24, 2.45) is 0 Å². The first-order chi connectivity index (χ1) is 19.6. The van der Waals surface area contributed by atoms with Crippen LogP contribution in [0.25, 0.3) is 0 Å². The molecule has 4 fully saturated rings. The summed E-state index contributed by atoms with van der Waals surface area (Å²) in [6, 6.07) is 6.60. The number of anilines is 1. The molecule has 1 atom stereocenters. The summed E-state index contributed by atoms with van der Waals surface area (Å²) in [6.45, 7) is 16.1. The van der Waals surface area contributed by atoms with Gasteiger partial charge in [0.25, 0.3) is 0 Å². The Bertz CT molecular complexity index is 1220. The van der Waals surface area contributed by atoms with Crippen molar-refractivity contribution in [1.82, 2.24) is 9.80 Å². The lowest BCUT2D eigenvalue weighted by Crippen LogP contribution is -2.59. The van der Waals surface area contributed by atoms with Crippen LogP contribution in [0.1, 0.15) is 92.6 Å². The smallest absolute Gasteiger partial charge is 0.444 e. The molecule has 0 bridgehead atoms. The van der Waals surface area contributed by atoms with Crippen LogP contribution in [0, 0.1) is 0 Å². The van der Waals surface area contributed by atoms with E-state index in [4.69, 9.17) is 14.0 Å². The quantitative estimate of drug-likeness (QED) is 0.486. The second-order valence-corrected chi connectivity index (χ2v) is 15.1. The molecule has 0 radical (unpaired) electrons. The third-order valence-electron chi connectivity index (χ3n) is 10.6. The predicted molar refractivity (Wildman–Crippen MR) is 161 cm³/mol. The Labute approximate surface area is 250 Å². The molecule has 3 saturated heterocycles. The Balaban J connectivity index is 1.27. The lowest BCUT2D eigenvalue weighted by Gasteiger charge is -2.48. The number of halogens is 1. The van der Waals surface area contributed by atoms with E-state index >= 15 is 0 Å². The standard InChI is InChI=1S/C32H47BFN3O5/c1-29(2,3)40-28(39)35-15-12-32(13-16-35)25-11-10-21(33-41-30(4,5)31(6,7)42-33)17-26(25)37(27(32)38)24-18-23(19-24)36-14-8-9-22(34)20-36/h10-11,17,22-24H,8-9,12-16,18-20H2,1-7H3/t22-,23-,24+/m1/s1. The number of ether oxygens (including phenoxy) is 1. The van der Waals surface area contributed by atoms with Gasteiger partial charge in [0.2, 0.25) is 5.91 Å². The predicted octanol–water partition coefficient (Wildman–Crippen LogP) is 4.57. The molecule has 2 amide bonds. The topological polar surface area (TPSA) is 71.6 Å². The highest BCUT2D eigenvalue weighted by Crippen LogP contribution is 2.51. The highest BCUT2D eigenvalue weighted by atomic mass is 19.1. The van der Waals surface area contributed by atoms with Gasteiger partial charge < -0.3 is 23.8 Å². The summed E-state index contributed by atoms with van der Waals surface area (Å²) < 4.78 is 32.5. The van der Waals surface area contributed by atoms with Crippen molar-refractivity contribution in [1.29, 1.82) is 0 Å². The molecule has 5 aliphatic rings. The minimum Gasteiger partial charge on any atom is -0.444 e. The van der Waals surface area contributed by atoms with Gasteiger partial charge in [-0.3, -0.25) is 9.69 Å². The lowest BCUT2D eigenvalue weighted by atomic mass is 9.71. The third kappa shape index (κ3) is 5.05.